The third kappa shape index (κ3) is 4.22. The second kappa shape index (κ2) is 6.15. The normalized spacial score (nSPS) is 11.9. The van der Waals surface area contributed by atoms with Crippen LogP contribution in [0.3, 0.4) is 0 Å². The Morgan fingerprint density at radius 1 is 1.26 bits per heavy atom. The molecule has 1 heterocycles. The van der Waals surface area contributed by atoms with Crippen LogP contribution in [0.1, 0.15) is 12.5 Å². The van der Waals surface area contributed by atoms with E-state index >= 15 is 0 Å². The highest BCUT2D eigenvalue weighted by Gasteiger charge is 2.00. The Morgan fingerprint density at radius 2 is 2.05 bits per heavy atom. The van der Waals surface area contributed by atoms with Crippen LogP contribution >= 0.6 is 0 Å². The maximum Gasteiger partial charge on any atom is 0.151 e. The van der Waals surface area contributed by atoms with Crippen LogP contribution in [-0.2, 0) is 0 Å². The molecule has 0 aliphatic carbocycles. The van der Waals surface area contributed by atoms with E-state index in [4.69, 9.17) is 5.73 Å². The zero-order valence-electron chi connectivity index (χ0n) is 11.2. The summed E-state index contributed by atoms with van der Waals surface area (Å²) in [7, 11) is 0. The Morgan fingerprint density at radius 3 is 2.79 bits per heavy atom. The van der Waals surface area contributed by atoms with Gasteiger partial charge in [0.2, 0.25) is 0 Å². The molecule has 0 amide bonds. The number of aryl methyl sites for hydroxylation is 1. The zero-order chi connectivity index (χ0) is 13.7. The molecule has 4 N–H and O–H groups in total. The average molecular weight is 257 g/mol. The summed E-state index contributed by atoms with van der Waals surface area (Å²) in [4.78, 5) is 8.58. The molecular formula is C14H19N5. The van der Waals surface area contributed by atoms with E-state index in [0.29, 0.717) is 12.4 Å². The van der Waals surface area contributed by atoms with E-state index in [1.807, 2.05) is 19.1 Å². The minimum atomic E-state index is 0.0789. The van der Waals surface area contributed by atoms with E-state index in [1.165, 1.54) is 5.56 Å². The van der Waals surface area contributed by atoms with Gasteiger partial charge in [0.05, 0.1) is 12.4 Å². The van der Waals surface area contributed by atoms with Crippen molar-refractivity contribution in [3.05, 3.63) is 42.2 Å². The van der Waals surface area contributed by atoms with Crippen LogP contribution < -0.4 is 16.4 Å². The van der Waals surface area contributed by atoms with Crippen molar-refractivity contribution < 1.29 is 0 Å². The first kappa shape index (κ1) is 13.3. The van der Waals surface area contributed by atoms with Gasteiger partial charge in [0.15, 0.2) is 5.82 Å². The van der Waals surface area contributed by atoms with Gasteiger partial charge in [-0.05, 0) is 31.5 Å². The van der Waals surface area contributed by atoms with Gasteiger partial charge < -0.3 is 16.4 Å². The number of nitrogens with zero attached hydrogens (tertiary/aromatic N) is 2. The van der Waals surface area contributed by atoms with Crippen LogP contribution in [0, 0.1) is 6.92 Å². The van der Waals surface area contributed by atoms with Crippen molar-refractivity contribution in [1.82, 2.24) is 9.97 Å². The summed E-state index contributed by atoms with van der Waals surface area (Å²) in [5, 5.41) is 6.37. The lowest BCUT2D eigenvalue weighted by atomic mass is 10.2. The average Bonchev–Trinajstić information content (AvgIpc) is 2.37. The summed E-state index contributed by atoms with van der Waals surface area (Å²) in [6.07, 6.45) is 3.38. The number of aromatic nitrogens is 2. The highest BCUT2D eigenvalue weighted by Crippen LogP contribution is 2.16. The first-order valence-electron chi connectivity index (χ1n) is 6.28. The fraction of sp³-hybridized carbons (Fsp3) is 0.286. The standard InChI is InChI=1S/C14H19N5/c1-10-4-3-5-12(6-10)18-14-9-16-8-13(19-14)17-7-11(2)15/h3-6,8-9,11H,7,15H2,1-2H3,(H2,17,18,19)/t11-/m0/s1. The molecule has 1 aromatic heterocycles. The Labute approximate surface area is 113 Å². The van der Waals surface area contributed by atoms with E-state index in [9.17, 15) is 0 Å². The van der Waals surface area contributed by atoms with Crippen LogP contribution in [0.25, 0.3) is 0 Å². The van der Waals surface area contributed by atoms with E-state index in [0.717, 1.165) is 11.5 Å². The minimum absolute atomic E-state index is 0.0789. The molecule has 1 aromatic carbocycles. The first-order chi connectivity index (χ1) is 9.13. The van der Waals surface area contributed by atoms with Crippen molar-refractivity contribution in [2.24, 2.45) is 5.73 Å². The van der Waals surface area contributed by atoms with Crippen molar-refractivity contribution in [3.63, 3.8) is 0 Å². The Bertz CT molecular complexity index is 539. The van der Waals surface area contributed by atoms with Crippen molar-refractivity contribution in [2.45, 2.75) is 19.9 Å². The number of hydrogen-bond acceptors (Lipinski definition) is 5. The summed E-state index contributed by atoms with van der Waals surface area (Å²) in [6.45, 7) is 4.66. The van der Waals surface area contributed by atoms with Gasteiger partial charge in [0.25, 0.3) is 0 Å². The quantitative estimate of drug-likeness (QED) is 0.766. The Balaban J connectivity index is 2.06. The smallest absolute Gasteiger partial charge is 0.151 e. The highest BCUT2D eigenvalue weighted by molar-refractivity contribution is 5.57. The predicted molar refractivity (Wildman–Crippen MR) is 78.6 cm³/mol. The molecule has 0 saturated heterocycles. The molecular weight excluding hydrogens is 238 g/mol. The monoisotopic (exact) mass is 257 g/mol. The summed E-state index contributed by atoms with van der Waals surface area (Å²) >= 11 is 0. The minimum Gasteiger partial charge on any atom is -0.367 e. The van der Waals surface area contributed by atoms with Crippen molar-refractivity contribution in [2.75, 3.05) is 17.2 Å². The summed E-state index contributed by atoms with van der Waals surface area (Å²) in [5.41, 5.74) is 7.89. The Kier molecular flexibility index (Phi) is 4.30. The third-order valence-corrected chi connectivity index (χ3v) is 2.53. The molecule has 0 aliphatic rings. The first-order valence-corrected chi connectivity index (χ1v) is 6.28. The van der Waals surface area contributed by atoms with Crippen LogP contribution in [-0.4, -0.2) is 22.6 Å². The molecule has 0 unspecified atom stereocenters. The van der Waals surface area contributed by atoms with Gasteiger partial charge in [0, 0.05) is 18.3 Å². The lowest BCUT2D eigenvalue weighted by Crippen LogP contribution is -2.25. The largest absolute Gasteiger partial charge is 0.367 e. The van der Waals surface area contributed by atoms with Gasteiger partial charge >= 0.3 is 0 Å². The maximum atomic E-state index is 5.69. The molecule has 5 nitrogen and oxygen atoms in total. The number of benzene rings is 1. The topological polar surface area (TPSA) is 75.9 Å². The fourth-order valence-electron chi connectivity index (χ4n) is 1.65. The van der Waals surface area contributed by atoms with E-state index in [2.05, 4.69) is 39.7 Å². The second-order valence-electron chi connectivity index (χ2n) is 4.64. The van der Waals surface area contributed by atoms with Crippen molar-refractivity contribution >= 4 is 17.3 Å². The van der Waals surface area contributed by atoms with Crippen molar-refractivity contribution in [1.29, 1.82) is 0 Å². The number of hydrogen-bond donors (Lipinski definition) is 3. The lowest BCUT2D eigenvalue weighted by molar-refractivity contribution is 0.777. The molecule has 1 atom stereocenters. The molecule has 100 valence electrons. The molecule has 0 radical (unpaired) electrons. The second-order valence-corrected chi connectivity index (χ2v) is 4.64. The lowest BCUT2D eigenvalue weighted by Gasteiger charge is -2.10. The van der Waals surface area contributed by atoms with Crippen LogP contribution in [0.15, 0.2) is 36.7 Å². The number of nitrogens with one attached hydrogen (secondary N) is 2. The molecule has 19 heavy (non-hydrogen) atoms. The van der Waals surface area contributed by atoms with Crippen LogP contribution in [0.5, 0.6) is 0 Å². The summed E-state index contributed by atoms with van der Waals surface area (Å²) in [6, 6.07) is 8.19. The molecule has 0 fully saturated rings. The summed E-state index contributed by atoms with van der Waals surface area (Å²) < 4.78 is 0. The third-order valence-electron chi connectivity index (χ3n) is 2.53. The molecule has 2 rings (SSSR count). The van der Waals surface area contributed by atoms with Gasteiger partial charge in [0.1, 0.15) is 5.82 Å². The van der Waals surface area contributed by atoms with Crippen LogP contribution in [0.2, 0.25) is 0 Å². The fourth-order valence-corrected chi connectivity index (χ4v) is 1.65. The molecule has 2 aromatic rings. The van der Waals surface area contributed by atoms with Gasteiger partial charge in [-0.15, -0.1) is 0 Å². The van der Waals surface area contributed by atoms with Crippen molar-refractivity contribution in [3.8, 4) is 0 Å². The predicted octanol–water partition coefficient (Wildman–Crippen LogP) is 2.29. The number of rotatable bonds is 5. The summed E-state index contributed by atoms with van der Waals surface area (Å²) in [5.74, 6) is 1.43. The van der Waals surface area contributed by atoms with Crippen LogP contribution in [0.4, 0.5) is 17.3 Å². The Hall–Kier alpha value is -2.14. The van der Waals surface area contributed by atoms with Gasteiger partial charge in [-0.2, -0.15) is 0 Å². The van der Waals surface area contributed by atoms with E-state index < -0.39 is 0 Å². The van der Waals surface area contributed by atoms with E-state index in [1.54, 1.807) is 12.4 Å². The highest BCUT2D eigenvalue weighted by atomic mass is 15.1. The maximum absolute atomic E-state index is 5.69. The molecule has 0 spiro atoms. The van der Waals surface area contributed by atoms with Gasteiger partial charge in [-0.3, -0.25) is 4.98 Å². The molecule has 5 heteroatoms. The van der Waals surface area contributed by atoms with Gasteiger partial charge in [-0.1, -0.05) is 12.1 Å². The molecule has 0 bridgehead atoms. The van der Waals surface area contributed by atoms with Gasteiger partial charge in [-0.25, -0.2) is 4.98 Å². The van der Waals surface area contributed by atoms with E-state index in [-0.39, 0.29) is 6.04 Å². The number of nitrogens with two attached hydrogens (primary N) is 1. The molecule has 0 saturated carbocycles. The molecule has 0 aliphatic heterocycles. The zero-order valence-corrected chi connectivity index (χ0v) is 11.2. The number of anilines is 3. The SMILES string of the molecule is Cc1cccc(Nc2cncc(NC[C@H](C)N)n2)c1.